The number of fused-ring (bicyclic) bond motifs is 3. The largest absolute Gasteiger partial charge is 0.325 e. The van der Waals surface area contributed by atoms with Crippen molar-refractivity contribution in [2.45, 2.75) is 31.3 Å². The molecule has 2 aliphatic heterocycles. The Kier molecular flexibility index (Phi) is 5.72. The molecule has 1 saturated heterocycles. The van der Waals surface area contributed by atoms with E-state index in [1.165, 1.54) is 31.5 Å². The Morgan fingerprint density at radius 3 is 2.72 bits per heavy atom. The van der Waals surface area contributed by atoms with E-state index in [0.29, 0.717) is 6.04 Å². The molecular formula is C26H29N5O. The molecule has 1 unspecified atom stereocenters. The van der Waals surface area contributed by atoms with E-state index >= 15 is 0 Å². The van der Waals surface area contributed by atoms with Gasteiger partial charge in [0.05, 0.1) is 11.2 Å². The summed E-state index contributed by atoms with van der Waals surface area (Å²) >= 11 is 0. The first-order valence-electron chi connectivity index (χ1n) is 11.3. The van der Waals surface area contributed by atoms with Crippen molar-refractivity contribution < 1.29 is 4.79 Å². The van der Waals surface area contributed by atoms with Crippen LogP contribution in [0.1, 0.15) is 29.9 Å². The number of aliphatic imine (C=N–C) groups is 1. The van der Waals surface area contributed by atoms with Crippen LogP contribution in [0.3, 0.4) is 0 Å². The van der Waals surface area contributed by atoms with Crippen molar-refractivity contribution in [2.75, 3.05) is 32.5 Å². The number of rotatable bonds is 5. The van der Waals surface area contributed by atoms with E-state index in [-0.39, 0.29) is 5.91 Å². The number of nitrogens with zero attached hydrogens (tertiary/aromatic N) is 4. The zero-order chi connectivity index (χ0) is 22.1. The van der Waals surface area contributed by atoms with E-state index in [4.69, 9.17) is 0 Å². The molecule has 0 saturated carbocycles. The SMILES string of the molecule is CN1CCC(N(C)Cc2ccc(N=CC3C(=O)Nc4ccc5ncccc5c43)cc2)CC1. The van der Waals surface area contributed by atoms with Crippen molar-refractivity contribution in [3.8, 4) is 0 Å². The first-order chi connectivity index (χ1) is 15.6. The number of piperidine rings is 1. The van der Waals surface area contributed by atoms with E-state index in [1.54, 1.807) is 12.4 Å². The Hall–Kier alpha value is -3.09. The number of carbonyl (C=O) groups is 1. The summed E-state index contributed by atoms with van der Waals surface area (Å²) in [5.41, 5.74) is 4.83. The van der Waals surface area contributed by atoms with Gasteiger partial charge in [-0.25, -0.2) is 0 Å². The predicted octanol–water partition coefficient (Wildman–Crippen LogP) is 4.20. The molecule has 32 heavy (non-hydrogen) atoms. The number of benzene rings is 2. The van der Waals surface area contributed by atoms with E-state index < -0.39 is 5.92 Å². The van der Waals surface area contributed by atoms with Crippen LogP contribution in [0.2, 0.25) is 0 Å². The molecule has 0 bridgehead atoms. The van der Waals surface area contributed by atoms with Gasteiger partial charge in [0.2, 0.25) is 5.91 Å². The fourth-order valence-corrected chi connectivity index (χ4v) is 4.80. The maximum atomic E-state index is 12.6. The zero-order valence-corrected chi connectivity index (χ0v) is 18.7. The molecule has 0 radical (unpaired) electrons. The summed E-state index contributed by atoms with van der Waals surface area (Å²) in [4.78, 5) is 26.5. The third-order valence-electron chi connectivity index (χ3n) is 6.73. The highest BCUT2D eigenvalue weighted by molar-refractivity contribution is 6.16. The normalized spacial score (nSPS) is 19.7. The minimum atomic E-state index is -0.409. The fraction of sp³-hybridized carbons (Fsp3) is 0.346. The maximum absolute atomic E-state index is 12.6. The van der Waals surface area contributed by atoms with Crippen LogP contribution in [0.25, 0.3) is 10.9 Å². The smallest absolute Gasteiger partial charge is 0.237 e. The summed E-state index contributed by atoms with van der Waals surface area (Å²) in [6.07, 6.45) is 5.98. The number of anilines is 1. The van der Waals surface area contributed by atoms with E-state index in [0.717, 1.165) is 34.4 Å². The molecule has 5 rings (SSSR count). The molecule has 3 aromatic rings. The van der Waals surface area contributed by atoms with Gasteiger partial charge in [0.25, 0.3) is 0 Å². The van der Waals surface area contributed by atoms with Crippen LogP contribution in [-0.4, -0.2) is 60.1 Å². The van der Waals surface area contributed by atoms with Gasteiger partial charge in [-0.2, -0.15) is 0 Å². The summed E-state index contributed by atoms with van der Waals surface area (Å²) in [5, 5.41) is 3.97. The van der Waals surface area contributed by atoms with Crippen molar-refractivity contribution in [3.63, 3.8) is 0 Å². The lowest BCUT2D eigenvalue weighted by atomic mass is 9.97. The van der Waals surface area contributed by atoms with Gasteiger partial charge < -0.3 is 10.2 Å². The minimum absolute atomic E-state index is 0.0449. The van der Waals surface area contributed by atoms with Crippen LogP contribution < -0.4 is 5.32 Å². The van der Waals surface area contributed by atoms with Gasteiger partial charge >= 0.3 is 0 Å². The van der Waals surface area contributed by atoms with Gasteiger partial charge in [-0.05, 0) is 75.9 Å². The predicted molar refractivity (Wildman–Crippen MR) is 130 cm³/mol. The second-order valence-corrected chi connectivity index (χ2v) is 8.96. The van der Waals surface area contributed by atoms with E-state index in [2.05, 4.69) is 51.3 Å². The molecule has 1 N–H and O–H groups in total. The van der Waals surface area contributed by atoms with Crippen LogP contribution in [0.15, 0.2) is 59.7 Å². The molecule has 2 aliphatic rings. The lowest BCUT2D eigenvalue weighted by Gasteiger charge is -2.35. The van der Waals surface area contributed by atoms with Gasteiger partial charge in [0.1, 0.15) is 5.92 Å². The number of likely N-dealkylation sites (tertiary alicyclic amines) is 1. The highest BCUT2D eigenvalue weighted by atomic mass is 16.2. The summed E-state index contributed by atoms with van der Waals surface area (Å²) in [6, 6.07) is 16.8. The molecule has 1 aromatic heterocycles. The van der Waals surface area contributed by atoms with Crippen LogP contribution in [0, 0.1) is 0 Å². The van der Waals surface area contributed by atoms with Crippen molar-refractivity contribution in [1.29, 1.82) is 0 Å². The Balaban J connectivity index is 1.29. The topological polar surface area (TPSA) is 60.8 Å². The van der Waals surface area contributed by atoms with Gasteiger partial charge in [-0.3, -0.25) is 19.7 Å². The van der Waals surface area contributed by atoms with Gasteiger partial charge in [0, 0.05) is 41.6 Å². The third kappa shape index (κ3) is 4.16. The summed E-state index contributed by atoms with van der Waals surface area (Å²) in [5.74, 6) is -0.454. The second kappa shape index (κ2) is 8.81. The molecule has 1 fully saturated rings. The van der Waals surface area contributed by atoms with Crippen LogP contribution in [0.4, 0.5) is 11.4 Å². The number of carbonyl (C=O) groups excluding carboxylic acids is 1. The first kappa shape index (κ1) is 20.8. The highest BCUT2D eigenvalue weighted by Gasteiger charge is 2.31. The first-order valence-corrected chi connectivity index (χ1v) is 11.3. The van der Waals surface area contributed by atoms with Crippen LogP contribution in [-0.2, 0) is 11.3 Å². The molecule has 6 nitrogen and oxygen atoms in total. The monoisotopic (exact) mass is 427 g/mol. The van der Waals surface area contributed by atoms with Gasteiger partial charge in [-0.1, -0.05) is 18.2 Å². The van der Waals surface area contributed by atoms with Crippen molar-refractivity contribution >= 4 is 34.4 Å². The highest BCUT2D eigenvalue weighted by Crippen LogP contribution is 2.37. The Labute approximate surface area is 189 Å². The number of hydrogen-bond acceptors (Lipinski definition) is 5. The maximum Gasteiger partial charge on any atom is 0.237 e. The quantitative estimate of drug-likeness (QED) is 0.620. The Bertz CT molecular complexity index is 1150. The lowest BCUT2D eigenvalue weighted by Crippen LogP contribution is -2.41. The Morgan fingerprint density at radius 2 is 1.94 bits per heavy atom. The van der Waals surface area contributed by atoms with E-state index in [1.807, 2.05) is 36.4 Å². The third-order valence-corrected chi connectivity index (χ3v) is 6.73. The molecular weight excluding hydrogens is 398 g/mol. The van der Waals surface area contributed by atoms with E-state index in [9.17, 15) is 4.79 Å². The molecule has 2 aromatic carbocycles. The number of amides is 1. The fourth-order valence-electron chi connectivity index (χ4n) is 4.80. The van der Waals surface area contributed by atoms with Crippen LogP contribution in [0.5, 0.6) is 0 Å². The van der Waals surface area contributed by atoms with Gasteiger partial charge in [-0.15, -0.1) is 0 Å². The number of hydrogen-bond donors (Lipinski definition) is 1. The average Bonchev–Trinajstić information content (AvgIpc) is 3.14. The molecule has 0 aliphatic carbocycles. The van der Waals surface area contributed by atoms with Crippen molar-refractivity contribution in [2.24, 2.45) is 4.99 Å². The molecule has 3 heterocycles. The molecule has 6 heteroatoms. The average molecular weight is 428 g/mol. The minimum Gasteiger partial charge on any atom is -0.325 e. The van der Waals surface area contributed by atoms with Gasteiger partial charge in [0.15, 0.2) is 0 Å². The molecule has 1 amide bonds. The lowest BCUT2D eigenvalue weighted by molar-refractivity contribution is -0.115. The Morgan fingerprint density at radius 1 is 1.16 bits per heavy atom. The molecule has 164 valence electrons. The van der Waals surface area contributed by atoms with Crippen molar-refractivity contribution in [1.82, 2.24) is 14.8 Å². The zero-order valence-electron chi connectivity index (χ0n) is 18.7. The number of pyridine rings is 1. The number of nitrogens with one attached hydrogen (secondary N) is 1. The summed E-state index contributed by atoms with van der Waals surface area (Å²) < 4.78 is 0. The molecule has 1 atom stereocenters. The second-order valence-electron chi connectivity index (χ2n) is 8.96. The molecule has 0 spiro atoms. The number of aromatic nitrogens is 1. The van der Waals surface area contributed by atoms with Crippen molar-refractivity contribution in [3.05, 3.63) is 65.9 Å². The van der Waals surface area contributed by atoms with Crippen LogP contribution >= 0.6 is 0 Å². The summed E-state index contributed by atoms with van der Waals surface area (Å²) in [6.45, 7) is 3.29. The standard InChI is InChI=1S/C26H29N5O/c1-30-14-11-20(12-15-30)31(2)17-18-5-7-19(8-6-18)28-16-22-25-21-4-3-13-27-23(21)9-10-24(25)29-26(22)32/h3-10,13,16,20,22H,11-12,14-15,17H2,1-2H3,(H,29,32). The summed E-state index contributed by atoms with van der Waals surface area (Å²) in [7, 11) is 4.42.